The fraction of sp³-hybridized carbons (Fsp3) is 0.519. The molecule has 7 rings (SSSR count). The van der Waals surface area contributed by atoms with Crippen LogP contribution in [0.4, 0.5) is 0 Å². The van der Waals surface area contributed by atoms with Crippen molar-refractivity contribution in [3.8, 4) is 34.7 Å². The van der Waals surface area contributed by atoms with Crippen LogP contribution < -0.4 is 5.32 Å². The predicted octanol–water partition coefficient (Wildman–Crippen LogP) is 6.93. The lowest BCUT2D eigenvalue weighted by atomic mass is 9.84. The van der Waals surface area contributed by atoms with Crippen molar-refractivity contribution in [1.29, 1.82) is 0 Å². The van der Waals surface area contributed by atoms with E-state index in [-0.39, 0.29) is 61.2 Å². The maximum Gasteiger partial charge on any atom is 0.310 e. The molecule has 3 aliphatic heterocycles. The molecule has 0 aliphatic carbocycles. The Hall–Kier alpha value is -5.51. The monoisotopic (exact) mass is 871 g/mol. The number of cyclic esters (lactones) is 1. The maximum atomic E-state index is 14.7. The minimum atomic E-state index is -0.948. The average molecular weight is 871 g/mol. The van der Waals surface area contributed by atoms with Crippen molar-refractivity contribution >= 4 is 34.6 Å². The van der Waals surface area contributed by atoms with Gasteiger partial charge in [0.2, 0.25) is 17.7 Å². The number of rotatable bonds is 10. The van der Waals surface area contributed by atoms with Gasteiger partial charge in [0.25, 0.3) is 0 Å². The number of methoxy groups -OCH3 is 1. The van der Waals surface area contributed by atoms with E-state index in [4.69, 9.17) is 20.9 Å². The molecule has 0 radical (unpaired) electrons. The number of hydrogen-bond donors (Lipinski definition) is 1. The Balaban J connectivity index is 1.30. The van der Waals surface area contributed by atoms with Gasteiger partial charge in [0.05, 0.1) is 42.5 Å². The molecule has 5 atom stereocenters. The van der Waals surface area contributed by atoms with E-state index < -0.39 is 23.4 Å². The van der Waals surface area contributed by atoms with Crippen molar-refractivity contribution < 1.29 is 28.7 Å². The van der Waals surface area contributed by atoms with Gasteiger partial charge in [-0.25, -0.2) is 0 Å². The quantitative estimate of drug-likeness (QED) is 0.135. The van der Waals surface area contributed by atoms with E-state index in [0.29, 0.717) is 45.3 Å². The number of carbonyl (C=O) groups is 4. The molecule has 0 spiro atoms. The number of hydrogen-bond acceptors (Lipinski definition) is 8. The van der Waals surface area contributed by atoms with Gasteiger partial charge in [-0.2, -0.15) is 0 Å². The minimum Gasteiger partial charge on any atom is -0.465 e. The van der Waals surface area contributed by atoms with Crippen molar-refractivity contribution in [3.05, 3.63) is 77.6 Å². The van der Waals surface area contributed by atoms with Crippen molar-refractivity contribution in [2.24, 2.45) is 23.2 Å². The van der Waals surface area contributed by atoms with Gasteiger partial charge < -0.3 is 29.2 Å². The Bertz CT molecular complexity index is 2410. The summed E-state index contributed by atoms with van der Waals surface area (Å²) in [5, 5.41) is 4.23. The molecule has 340 valence electrons. The number of benzene rings is 2. The van der Waals surface area contributed by atoms with Crippen LogP contribution >= 0.6 is 0 Å². The second-order valence-electron chi connectivity index (χ2n) is 19.2. The topological polar surface area (TPSA) is 126 Å². The zero-order valence-corrected chi connectivity index (χ0v) is 39.0. The second kappa shape index (κ2) is 19.7. The highest BCUT2D eigenvalue weighted by Gasteiger charge is 2.40. The molecule has 5 heterocycles. The highest BCUT2D eigenvalue weighted by Crippen LogP contribution is 2.42. The molecule has 4 aromatic rings. The van der Waals surface area contributed by atoms with Crippen molar-refractivity contribution in [2.45, 2.75) is 98.4 Å². The van der Waals surface area contributed by atoms with Crippen LogP contribution in [0.2, 0.25) is 0 Å². The first-order valence-electron chi connectivity index (χ1n) is 23.0. The fourth-order valence-corrected chi connectivity index (χ4v) is 10.2. The number of ether oxygens (including phenoxy) is 2. The molecule has 0 saturated carbocycles. The van der Waals surface area contributed by atoms with Crippen LogP contribution in [0.25, 0.3) is 33.3 Å². The summed E-state index contributed by atoms with van der Waals surface area (Å²) in [4.78, 5) is 67.3. The molecule has 2 fully saturated rings. The van der Waals surface area contributed by atoms with Gasteiger partial charge in [0.15, 0.2) is 0 Å². The van der Waals surface area contributed by atoms with Crippen LogP contribution in [0.5, 0.6) is 0 Å². The van der Waals surface area contributed by atoms with Crippen LogP contribution in [0.15, 0.2) is 60.8 Å². The lowest BCUT2D eigenvalue weighted by Gasteiger charge is -2.36. The maximum absolute atomic E-state index is 14.7. The number of pyridine rings is 1. The molecular formula is C52H66N6O6. The summed E-state index contributed by atoms with van der Waals surface area (Å²) in [7, 11) is 3.38. The lowest BCUT2D eigenvalue weighted by Crippen LogP contribution is -2.58. The zero-order valence-electron chi connectivity index (χ0n) is 39.0. The Labute approximate surface area is 379 Å². The largest absolute Gasteiger partial charge is 0.465 e. The fourth-order valence-electron chi connectivity index (χ4n) is 10.2. The van der Waals surface area contributed by atoms with E-state index in [9.17, 15) is 19.2 Å². The van der Waals surface area contributed by atoms with Gasteiger partial charge in [-0.3, -0.25) is 29.1 Å². The molecule has 2 aromatic carbocycles. The number of aryl methyl sites for hydroxylation is 1. The smallest absolute Gasteiger partial charge is 0.310 e. The summed E-state index contributed by atoms with van der Waals surface area (Å²) in [5.74, 6) is 0.586. The second-order valence-corrected chi connectivity index (χ2v) is 19.2. The zero-order chi connectivity index (χ0) is 45.9. The Morgan fingerprint density at radius 1 is 1.05 bits per heavy atom. The van der Waals surface area contributed by atoms with Crippen molar-refractivity contribution in [3.63, 3.8) is 0 Å². The summed E-state index contributed by atoms with van der Waals surface area (Å²) in [6, 6.07) is 17.1. The molecule has 2 saturated heterocycles. The van der Waals surface area contributed by atoms with Gasteiger partial charge in [0, 0.05) is 74.8 Å². The summed E-state index contributed by atoms with van der Waals surface area (Å²) >= 11 is 0. The van der Waals surface area contributed by atoms with E-state index in [2.05, 4.69) is 77.9 Å². The highest BCUT2D eigenvalue weighted by atomic mass is 16.5. The Morgan fingerprint density at radius 2 is 1.83 bits per heavy atom. The average Bonchev–Trinajstić information content (AvgIpc) is 3.88. The molecule has 12 nitrogen and oxygen atoms in total. The lowest BCUT2D eigenvalue weighted by molar-refractivity contribution is -0.155. The standard InChI is InChI=1S/C52H66N6O6/c1-10-23-56-25-21-38(30-56)49(60)55(8)46(33(3)4)48(59)54-43-27-35-15-12-16-36(26-35)37-19-20-44-41(28-37)42(47(58(44)11-2)40-18-13-22-53-45(40)34(5)63-9)29-52(6,7)32-64-51(62)39-17-14-24-57(31-39)50(43)61/h1,12-13,15-16,18-20,22,26,28,33-34,38-39,43,46H,11,14,17,21,23-25,27,29-32H2,2-9H3,(H,54,59). The number of nitrogens with one attached hydrogen (secondary N) is 1. The molecule has 2 aromatic heterocycles. The molecular weight excluding hydrogens is 805 g/mol. The van der Waals surface area contributed by atoms with Gasteiger partial charge >= 0.3 is 5.97 Å². The van der Waals surface area contributed by atoms with E-state index in [1.165, 1.54) is 0 Å². The third kappa shape index (κ3) is 9.76. The molecule has 12 heteroatoms. The van der Waals surface area contributed by atoms with Gasteiger partial charge in [-0.05, 0) is 98.5 Å². The first-order valence-corrected chi connectivity index (χ1v) is 23.0. The molecule has 64 heavy (non-hydrogen) atoms. The molecule has 5 unspecified atom stereocenters. The number of likely N-dealkylation sites (N-methyl/N-ethyl adjacent to an activating group) is 1. The number of likely N-dealkylation sites (tertiary alicyclic amines) is 1. The number of carbonyl (C=O) groups excluding carboxylic acids is 4. The predicted molar refractivity (Wildman–Crippen MR) is 250 cm³/mol. The SMILES string of the molecule is C#CCN1CCC(C(=O)N(C)C(C(=O)NC2Cc3cccc(c3)-c3ccc4c(c3)c(c(-c3cccnc3C(C)OC)n4CC)CC(C)(C)COC(=O)C3CCCN(C3)C2=O)C(C)C)C1. The van der Waals surface area contributed by atoms with Crippen LogP contribution in [-0.4, -0.2) is 114 Å². The van der Waals surface area contributed by atoms with E-state index in [1.54, 1.807) is 30.2 Å². The van der Waals surface area contributed by atoms with E-state index in [0.717, 1.165) is 63.2 Å². The summed E-state index contributed by atoms with van der Waals surface area (Å²) in [5.41, 5.74) is 7.57. The minimum absolute atomic E-state index is 0.107. The number of aromatic nitrogens is 2. The summed E-state index contributed by atoms with van der Waals surface area (Å²) < 4.78 is 14.4. The number of piperidine rings is 1. The van der Waals surface area contributed by atoms with Crippen molar-refractivity contribution in [1.82, 2.24) is 29.6 Å². The van der Waals surface area contributed by atoms with Gasteiger partial charge in [-0.15, -0.1) is 6.42 Å². The highest BCUT2D eigenvalue weighted by molar-refractivity contribution is 5.96. The normalized spacial score (nSPS) is 21.5. The number of nitrogens with zero attached hydrogens (tertiary/aromatic N) is 5. The third-order valence-electron chi connectivity index (χ3n) is 13.6. The molecule has 1 N–H and O–H groups in total. The van der Waals surface area contributed by atoms with Gasteiger partial charge in [0.1, 0.15) is 12.1 Å². The number of esters is 1. The van der Waals surface area contributed by atoms with Crippen LogP contribution in [0.3, 0.4) is 0 Å². The summed E-state index contributed by atoms with van der Waals surface area (Å²) in [6.07, 6.45) is 9.86. The van der Waals surface area contributed by atoms with Crippen molar-refractivity contribution in [2.75, 3.05) is 53.5 Å². The number of terminal acetylenes is 1. The molecule has 3 aliphatic rings. The van der Waals surface area contributed by atoms with E-state index in [1.807, 2.05) is 39.0 Å². The first-order chi connectivity index (χ1) is 30.6. The number of amides is 3. The third-order valence-corrected chi connectivity index (χ3v) is 13.6. The first kappa shape index (κ1) is 46.5. The Morgan fingerprint density at radius 3 is 2.56 bits per heavy atom. The summed E-state index contributed by atoms with van der Waals surface area (Å²) in [6.45, 7) is 15.6. The Kier molecular flexibility index (Phi) is 14.3. The van der Waals surface area contributed by atoms with Crippen LogP contribution in [0, 0.1) is 35.5 Å². The van der Waals surface area contributed by atoms with Crippen LogP contribution in [0.1, 0.15) is 83.7 Å². The van der Waals surface area contributed by atoms with Crippen LogP contribution in [-0.2, 0) is 48.0 Å². The van der Waals surface area contributed by atoms with E-state index >= 15 is 0 Å². The molecule has 6 bridgehead atoms. The molecule has 3 amide bonds. The number of fused-ring (bicyclic) bond motifs is 6. The van der Waals surface area contributed by atoms with Gasteiger partial charge in [-0.1, -0.05) is 63.9 Å².